The van der Waals surface area contributed by atoms with E-state index < -0.39 is 0 Å². The lowest BCUT2D eigenvalue weighted by molar-refractivity contribution is 0.0961. The Morgan fingerprint density at radius 1 is 1.57 bits per heavy atom. The van der Waals surface area contributed by atoms with Gasteiger partial charge in [0, 0.05) is 12.7 Å². The van der Waals surface area contributed by atoms with Crippen LogP contribution in [0.2, 0.25) is 5.02 Å². The first-order chi connectivity index (χ1) is 6.63. The van der Waals surface area contributed by atoms with E-state index in [1.54, 1.807) is 12.1 Å². The van der Waals surface area contributed by atoms with Gasteiger partial charge in [-0.2, -0.15) is 0 Å². The molecule has 0 fully saturated rings. The van der Waals surface area contributed by atoms with E-state index in [2.05, 4.69) is 5.32 Å². The van der Waals surface area contributed by atoms with Crippen molar-refractivity contribution in [2.24, 2.45) is 0 Å². The largest absolute Gasteiger partial charge is 0.508 e. The Hall–Kier alpha value is -0.930. The van der Waals surface area contributed by atoms with Gasteiger partial charge in [0.1, 0.15) is 12.0 Å². The molecule has 0 amide bonds. The summed E-state index contributed by atoms with van der Waals surface area (Å²) < 4.78 is 5.30. The highest BCUT2D eigenvalue weighted by molar-refractivity contribution is 6.33. The summed E-state index contributed by atoms with van der Waals surface area (Å²) in [6.07, 6.45) is -0.0953. The van der Waals surface area contributed by atoms with E-state index in [1.165, 1.54) is 6.07 Å². The Labute approximate surface area is 88.7 Å². The van der Waals surface area contributed by atoms with Crippen molar-refractivity contribution in [2.75, 3.05) is 11.9 Å². The molecule has 1 atom stereocenters. The van der Waals surface area contributed by atoms with Crippen LogP contribution >= 0.6 is 11.6 Å². The summed E-state index contributed by atoms with van der Waals surface area (Å²) in [5.41, 5.74) is 0.755. The number of ether oxygens (including phenoxy) is 1. The zero-order valence-corrected chi connectivity index (χ0v) is 9.01. The number of hydrogen-bond donors (Lipinski definition) is 2. The second-order valence-electron chi connectivity index (χ2n) is 2.91. The molecular weight excluding hydrogens is 202 g/mol. The number of phenols is 1. The molecule has 0 aliphatic carbocycles. The average molecular weight is 216 g/mol. The Balaban J connectivity index is 2.67. The van der Waals surface area contributed by atoms with Gasteiger partial charge in [-0.15, -0.1) is 0 Å². The number of rotatable bonds is 4. The monoisotopic (exact) mass is 215 g/mol. The molecule has 0 aromatic heterocycles. The first-order valence-corrected chi connectivity index (χ1v) is 4.88. The number of nitrogens with one attached hydrogen (secondary N) is 1. The van der Waals surface area contributed by atoms with Crippen LogP contribution in [0.5, 0.6) is 5.75 Å². The minimum Gasteiger partial charge on any atom is -0.508 e. The molecule has 3 nitrogen and oxygen atoms in total. The number of phenolic OH excluding ortho intramolecular Hbond substituents is 1. The molecule has 0 radical (unpaired) electrons. The fourth-order valence-electron chi connectivity index (χ4n) is 1.13. The third-order valence-electron chi connectivity index (χ3n) is 1.73. The van der Waals surface area contributed by atoms with Crippen LogP contribution < -0.4 is 5.32 Å². The fraction of sp³-hybridized carbons (Fsp3) is 0.400. The minimum atomic E-state index is -0.0953. The molecule has 0 saturated heterocycles. The second-order valence-corrected chi connectivity index (χ2v) is 3.31. The topological polar surface area (TPSA) is 41.5 Å². The fourth-order valence-corrected chi connectivity index (χ4v) is 1.36. The van der Waals surface area contributed by atoms with Crippen LogP contribution in [0.3, 0.4) is 0 Å². The van der Waals surface area contributed by atoms with Crippen molar-refractivity contribution in [1.29, 1.82) is 0 Å². The summed E-state index contributed by atoms with van der Waals surface area (Å²) in [6.45, 7) is 4.47. The molecule has 1 unspecified atom stereocenters. The van der Waals surface area contributed by atoms with Gasteiger partial charge in [0.2, 0.25) is 0 Å². The molecule has 0 saturated carbocycles. The third kappa shape index (κ3) is 3.09. The predicted octanol–water partition coefficient (Wildman–Crippen LogP) is 2.84. The van der Waals surface area contributed by atoms with Crippen molar-refractivity contribution in [2.45, 2.75) is 20.1 Å². The third-order valence-corrected chi connectivity index (χ3v) is 2.04. The maximum atomic E-state index is 9.13. The number of anilines is 1. The Morgan fingerprint density at radius 3 is 2.86 bits per heavy atom. The summed E-state index contributed by atoms with van der Waals surface area (Å²) >= 11 is 5.90. The summed E-state index contributed by atoms with van der Waals surface area (Å²) in [7, 11) is 0. The molecule has 1 aromatic rings. The summed E-state index contributed by atoms with van der Waals surface area (Å²) in [4.78, 5) is 0. The smallest absolute Gasteiger partial charge is 0.124 e. The van der Waals surface area contributed by atoms with Crippen LogP contribution in [0.1, 0.15) is 13.8 Å². The zero-order valence-electron chi connectivity index (χ0n) is 8.25. The predicted molar refractivity (Wildman–Crippen MR) is 57.8 cm³/mol. The quantitative estimate of drug-likeness (QED) is 0.600. The number of hydrogen-bond acceptors (Lipinski definition) is 3. The van der Waals surface area contributed by atoms with Gasteiger partial charge in [0.15, 0.2) is 0 Å². The maximum Gasteiger partial charge on any atom is 0.124 e. The second kappa shape index (κ2) is 5.08. The van der Waals surface area contributed by atoms with Gasteiger partial charge in [-0.1, -0.05) is 11.6 Å². The van der Waals surface area contributed by atoms with Gasteiger partial charge in [-0.25, -0.2) is 0 Å². The number of benzene rings is 1. The van der Waals surface area contributed by atoms with E-state index in [0.29, 0.717) is 11.6 Å². The average Bonchev–Trinajstić information content (AvgIpc) is 2.10. The van der Waals surface area contributed by atoms with Gasteiger partial charge in [0.05, 0.1) is 10.7 Å². The van der Waals surface area contributed by atoms with Gasteiger partial charge in [0.25, 0.3) is 0 Å². The van der Waals surface area contributed by atoms with E-state index in [-0.39, 0.29) is 12.0 Å². The molecule has 0 spiro atoms. The normalized spacial score (nSPS) is 12.5. The van der Waals surface area contributed by atoms with Crippen LogP contribution in [-0.2, 0) is 4.74 Å². The van der Waals surface area contributed by atoms with Gasteiger partial charge >= 0.3 is 0 Å². The molecule has 1 rings (SSSR count). The van der Waals surface area contributed by atoms with Crippen molar-refractivity contribution in [3.05, 3.63) is 23.2 Å². The van der Waals surface area contributed by atoms with Crippen molar-refractivity contribution < 1.29 is 9.84 Å². The Morgan fingerprint density at radius 2 is 2.29 bits per heavy atom. The van der Waals surface area contributed by atoms with Crippen LogP contribution in [0, 0.1) is 0 Å². The first kappa shape index (κ1) is 11.1. The van der Waals surface area contributed by atoms with Crippen molar-refractivity contribution in [3.63, 3.8) is 0 Å². The maximum absolute atomic E-state index is 9.13. The van der Waals surface area contributed by atoms with Gasteiger partial charge < -0.3 is 15.2 Å². The zero-order chi connectivity index (χ0) is 10.6. The van der Waals surface area contributed by atoms with E-state index in [0.717, 1.165) is 5.69 Å². The molecule has 0 aliphatic rings. The lowest BCUT2D eigenvalue weighted by Crippen LogP contribution is -2.18. The molecule has 78 valence electrons. The molecule has 4 heteroatoms. The van der Waals surface area contributed by atoms with Gasteiger partial charge in [-0.05, 0) is 26.0 Å². The first-order valence-electron chi connectivity index (χ1n) is 4.50. The van der Waals surface area contributed by atoms with Crippen molar-refractivity contribution in [3.8, 4) is 5.75 Å². The summed E-state index contributed by atoms with van der Waals surface area (Å²) in [5, 5.41) is 12.7. The molecule has 14 heavy (non-hydrogen) atoms. The highest BCUT2D eigenvalue weighted by Crippen LogP contribution is 2.26. The van der Waals surface area contributed by atoms with E-state index in [1.807, 2.05) is 13.8 Å². The molecule has 0 heterocycles. The number of aromatic hydroxyl groups is 1. The molecule has 1 aromatic carbocycles. The van der Waals surface area contributed by atoms with E-state index in [9.17, 15) is 0 Å². The highest BCUT2D eigenvalue weighted by atomic mass is 35.5. The minimum absolute atomic E-state index is 0.0953. The van der Waals surface area contributed by atoms with Crippen molar-refractivity contribution >= 4 is 17.3 Å². The Bertz CT molecular complexity index is 304. The molecule has 0 aliphatic heterocycles. The van der Waals surface area contributed by atoms with E-state index >= 15 is 0 Å². The van der Waals surface area contributed by atoms with Crippen LogP contribution in [0.25, 0.3) is 0 Å². The number of halogens is 1. The van der Waals surface area contributed by atoms with Crippen LogP contribution in [0.15, 0.2) is 18.2 Å². The SMILES string of the molecule is CCOC(C)Nc1ccc(O)cc1Cl. The standard InChI is InChI=1S/C10H14ClNO2/c1-3-14-7(2)12-10-5-4-8(13)6-9(10)11/h4-7,12-13H,3H2,1-2H3. The molecule has 0 bridgehead atoms. The lowest BCUT2D eigenvalue weighted by Gasteiger charge is -2.15. The van der Waals surface area contributed by atoms with Crippen molar-refractivity contribution in [1.82, 2.24) is 0 Å². The summed E-state index contributed by atoms with van der Waals surface area (Å²) in [6, 6.07) is 4.78. The summed E-state index contributed by atoms with van der Waals surface area (Å²) in [5.74, 6) is 0.157. The van der Waals surface area contributed by atoms with Crippen LogP contribution in [-0.4, -0.2) is 17.9 Å². The lowest BCUT2D eigenvalue weighted by atomic mass is 10.3. The van der Waals surface area contributed by atoms with Crippen LogP contribution in [0.4, 0.5) is 5.69 Å². The van der Waals surface area contributed by atoms with Gasteiger partial charge in [-0.3, -0.25) is 0 Å². The molecular formula is C10H14ClNO2. The Kier molecular flexibility index (Phi) is 4.04. The highest BCUT2D eigenvalue weighted by Gasteiger charge is 2.04. The van der Waals surface area contributed by atoms with E-state index in [4.69, 9.17) is 21.4 Å². The molecule has 2 N–H and O–H groups in total.